The molecule has 2 aliphatic rings. The van der Waals surface area contributed by atoms with E-state index in [9.17, 15) is 8.42 Å². The molecule has 4 nitrogen and oxygen atoms in total. The lowest BCUT2D eigenvalue weighted by Crippen LogP contribution is -2.25. The lowest BCUT2D eigenvalue weighted by atomic mass is 10.1. The van der Waals surface area contributed by atoms with Crippen molar-refractivity contribution in [3.05, 3.63) is 42.5 Å². The Balaban J connectivity index is 1.58. The average Bonchev–Trinajstić information content (AvgIpc) is 3.10. The van der Waals surface area contributed by atoms with Crippen LogP contribution in [0.25, 0.3) is 0 Å². The molecule has 5 heteroatoms. The largest absolute Gasteiger partial charge is 0.348 e. The van der Waals surface area contributed by atoms with Crippen molar-refractivity contribution in [1.29, 1.82) is 0 Å². The molecule has 1 heterocycles. The normalized spacial score (nSPS) is 25.0. The van der Waals surface area contributed by atoms with Gasteiger partial charge in [0, 0.05) is 12.8 Å². The standard InChI is InChI=1S/C16H20O4S/c17-21(18,15-6-2-1-3-7-15)12-4-5-14-8-9-16(13-14)19-10-11-20-16/h1-7,14H,8-13H2/b5-4+. The molecule has 1 atom stereocenters. The van der Waals surface area contributed by atoms with Crippen LogP contribution in [0.15, 0.2) is 47.4 Å². The van der Waals surface area contributed by atoms with Gasteiger partial charge >= 0.3 is 0 Å². The summed E-state index contributed by atoms with van der Waals surface area (Å²) in [7, 11) is -3.23. The Morgan fingerprint density at radius 1 is 1.19 bits per heavy atom. The van der Waals surface area contributed by atoms with Crippen molar-refractivity contribution >= 4 is 9.84 Å². The Bertz CT molecular complexity index is 600. The fraction of sp³-hybridized carbons (Fsp3) is 0.500. The maximum atomic E-state index is 12.2. The highest BCUT2D eigenvalue weighted by Crippen LogP contribution is 2.41. The third-order valence-corrected chi connectivity index (χ3v) is 5.73. The number of hydrogen-bond acceptors (Lipinski definition) is 4. The minimum absolute atomic E-state index is 0.0439. The molecule has 1 spiro atoms. The zero-order chi connectivity index (χ0) is 14.8. The van der Waals surface area contributed by atoms with Gasteiger partial charge in [-0.15, -0.1) is 0 Å². The van der Waals surface area contributed by atoms with E-state index in [-0.39, 0.29) is 5.75 Å². The van der Waals surface area contributed by atoms with E-state index in [2.05, 4.69) is 0 Å². The van der Waals surface area contributed by atoms with Gasteiger partial charge in [0.25, 0.3) is 0 Å². The topological polar surface area (TPSA) is 52.6 Å². The van der Waals surface area contributed by atoms with Gasteiger partial charge in [-0.1, -0.05) is 30.4 Å². The van der Waals surface area contributed by atoms with E-state index >= 15 is 0 Å². The quantitative estimate of drug-likeness (QED) is 0.802. The molecule has 3 rings (SSSR count). The van der Waals surface area contributed by atoms with Crippen molar-refractivity contribution in [3.63, 3.8) is 0 Å². The molecule has 1 unspecified atom stereocenters. The van der Waals surface area contributed by atoms with Crippen LogP contribution in [-0.2, 0) is 19.3 Å². The summed E-state index contributed by atoms with van der Waals surface area (Å²) in [6, 6.07) is 8.56. The van der Waals surface area contributed by atoms with Crippen LogP contribution in [-0.4, -0.2) is 33.2 Å². The Kier molecular flexibility index (Phi) is 4.15. The Morgan fingerprint density at radius 3 is 2.62 bits per heavy atom. The predicted molar refractivity (Wildman–Crippen MR) is 79.6 cm³/mol. The molecule has 0 radical (unpaired) electrons. The van der Waals surface area contributed by atoms with E-state index < -0.39 is 15.6 Å². The maximum absolute atomic E-state index is 12.2. The lowest BCUT2D eigenvalue weighted by Gasteiger charge is -2.20. The van der Waals surface area contributed by atoms with Gasteiger partial charge in [0.1, 0.15) is 0 Å². The van der Waals surface area contributed by atoms with E-state index in [1.165, 1.54) is 0 Å². The smallest absolute Gasteiger partial charge is 0.181 e. The van der Waals surface area contributed by atoms with Crippen LogP contribution in [0.1, 0.15) is 19.3 Å². The van der Waals surface area contributed by atoms with Crippen molar-refractivity contribution in [1.82, 2.24) is 0 Å². The van der Waals surface area contributed by atoms with Crippen LogP contribution < -0.4 is 0 Å². The third-order valence-electron chi connectivity index (χ3n) is 4.11. The van der Waals surface area contributed by atoms with Crippen LogP contribution >= 0.6 is 0 Å². The molecule has 0 aromatic heterocycles. The third kappa shape index (κ3) is 3.36. The van der Waals surface area contributed by atoms with Crippen molar-refractivity contribution in [2.75, 3.05) is 19.0 Å². The van der Waals surface area contributed by atoms with Crippen LogP contribution in [0, 0.1) is 5.92 Å². The zero-order valence-electron chi connectivity index (χ0n) is 11.9. The monoisotopic (exact) mass is 308 g/mol. The summed E-state index contributed by atoms with van der Waals surface area (Å²) in [5.74, 6) is -0.00991. The second-order valence-electron chi connectivity index (χ2n) is 5.63. The van der Waals surface area contributed by atoms with Crippen molar-refractivity contribution in [3.8, 4) is 0 Å². The lowest BCUT2D eigenvalue weighted by molar-refractivity contribution is -0.151. The van der Waals surface area contributed by atoms with Crippen molar-refractivity contribution in [2.24, 2.45) is 5.92 Å². The van der Waals surface area contributed by atoms with Gasteiger partial charge in [0.2, 0.25) is 0 Å². The SMILES string of the molecule is O=S(=O)(C/C=C/C1CCC2(C1)OCCO2)c1ccccc1. The highest BCUT2D eigenvalue weighted by atomic mass is 32.2. The van der Waals surface area contributed by atoms with Crippen molar-refractivity contribution < 1.29 is 17.9 Å². The first-order valence-corrected chi connectivity index (χ1v) is 8.97. The predicted octanol–water partition coefficient (Wildman–Crippen LogP) is 2.56. The minimum atomic E-state index is -3.23. The average molecular weight is 308 g/mol. The van der Waals surface area contributed by atoms with E-state index in [0.29, 0.717) is 24.0 Å². The van der Waals surface area contributed by atoms with Gasteiger partial charge in [0.05, 0.1) is 23.9 Å². The Morgan fingerprint density at radius 2 is 1.90 bits per heavy atom. The summed E-state index contributed by atoms with van der Waals surface area (Å²) in [5, 5.41) is 0. The minimum Gasteiger partial charge on any atom is -0.348 e. The molecule has 1 saturated carbocycles. The molecule has 2 fully saturated rings. The van der Waals surface area contributed by atoms with E-state index in [1.54, 1.807) is 30.3 Å². The maximum Gasteiger partial charge on any atom is 0.181 e. The van der Waals surface area contributed by atoms with Gasteiger partial charge in [-0.25, -0.2) is 8.42 Å². The highest BCUT2D eigenvalue weighted by Gasteiger charge is 2.43. The van der Waals surface area contributed by atoms with Gasteiger partial charge in [-0.05, 0) is 24.5 Å². The summed E-state index contributed by atoms with van der Waals surface area (Å²) in [4.78, 5) is 0.375. The van der Waals surface area contributed by atoms with Gasteiger partial charge in [0.15, 0.2) is 15.6 Å². The van der Waals surface area contributed by atoms with Crippen LogP contribution in [0.4, 0.5) is 0 Å². The first-order valence-electron chi connectivity index (χ1n) is 7.32. The molecular weight excluding hydrogens is 288 g/mol. The molecule has 1 aromatic carbocycles. The fourth-order valence-corrected chi connectivity index (χ4v) is 4.16. The van der Waals surface area contributed by atoms with E-state index in [0.717, 1.165) is 19.3 Å². The summed E-state index contributed by atoms with van der Waals surface area (Å²) in [5.41, 5.74) is 0. The van der Waals surface area contributed by atoms with Crippen molar-refractivity contribution in [2.45, 2.75) is 29.9 Å². The summed E-state index contributed by atoms with van der Waals surface area (Å²) in [6.45, 7) is 1.33. The molecule has 1 aliphatic heterocycles. The highest BCUT2D eigenvalue weighted by molar-refractivity contribution is 7.91. The molecule has 0 amide bonds. The number of ether oxygens (including phenoxy) is 2. The molecule has 114 valence electrons. The molecule has 1 saturated heterocycles. The van der Waals surface area contributed by atoms with Gasteiger partial charge in [-0.3, -0.25) is 0 Å². The molecule has 0 bridgehead atoms. The molecular formula is C16H20O4S. The zero-order valence-corrected chi connectivity index (χ0v) is 12.7. The first-order chi connectivity index (χ1) is 10.1. The number of hydrogen-bond donors (Lipinski definition) is 0. The summed E-state index contributed by atoms with van der Waals surface area (Å²) in [6.07, 6.45) is 6.48. The van der Waals surface area contributed by atoms with Crippen LogP contribution in [0.5, 0.6) is 0 Å². The number of rotatable bonds is 4. The van der Waals surface area contributed by atoms with Crippen LogP contribution in [0.3, 0.4) is 0 Å². The van der Waals surface area contributed by atoms with E-state index in [1.807, 2.05) is 12.1 Å². The fourth-order valence-electron chi connectivity index (χ4n) is 3.03. The molecule has 1 aromatic rings. The first kappa shape index (κ1) is 14.8. The number of allylic oxidation sites excluding steroid dienone is 1. The second-order valence-corrected chi connectivity index (χ2v) is 7.67. The number of sulfone groups is 1. The summed E-state index contributed by atoms with van der Waals surface area (Å²) >= 11 is 0. The molecule has 0 N–H and O–H groups in total. The second kappa shape index (κ2) is 5.91. The Labute approximate surface area is 125 Å². The number of benzene rings is 1. The van der Waals surface area contributed by atoms with Crippen LogP contribution in [0.2, 0.25) is 0 Å². The Hall–Kier alpha value is -1.17. The molecule has 1 aliphatic carbocycles. The van der Waals surface area contributed by atoms with E-state index in [4.69, 9.17) is 9.47 Å². The molecule has 21 heavy (non-hydrogen) atoms. The summed E-state index contributed by atoms with van der Waals surface area (Å²) < 4.78 is 35.7. The van der Waals surface area contributed by atoms with Gasteiger partial charge < -0.3 is 9.47 Å². The van der Waals surface area contributed by atoms with Gasteiger partial charge in [-0.2, -0.15) is 0 Å².